The molecule has 3 heterocycles. The molecular formula is C19H25BS2. The highest BCUT2D eigenvalue weighted by Crippen LogP contribution is 2.46. The molecule has 0 aromatic carbocycles. The Morgan fingerprint density at radius 2 is 2.05 bits per heavy atom. The fraction of sp³-hybridized carbons (Fsp3) is 0.579. The maximum absolute atomic E-state index is 2.58. The molecule has 1 atom stereocenters. The monoisotopic (exact) mass is 328 g/mol. The van der Waals surface area contributed by atoms with Gasteiger partial charge in [0.2, 0.25) is 0 Å². The van der Waals surface area contributed by atoms with Crippen LogP contribution in [0.3, 0.4) is 0 Å². The number of hydrogen-bond donors (Lipinski definition) is 0. The van der Waals surface area contributed by atoms with Gasteiger partial charge < -0.3 is 0 Å². The van der Waals surface area contributed by atoms with Crippen LogP contribution in [0, 0.1) is 5.41 Å². The highest BCUT2D eigenvalue weighted by Gasteiger charge is 2.34. The molecule has 1 aliphatic heterocycles. The smallest absolute Gasteiger partial charge is 0.149 e. The fourth-order valence-corrected chi connectivity index (χ4v) is 6.85. The van der Waals surface area contributed by atoms with Gasteiger partial charge in [-0.2, -0.15) is 0 Å². The van der Waals surface area contributed by atoms with Crippen molar-refractivity contribution in [3.63, 3.8) is 0 Å². The summed E-state index contributed by atoms with van der Waals surface area (Å²) in [6.45, 7) is 8.09. The van der Waals surface area contributed by atoms with E-state index in [2.05, 4.69) is 49.6 Å². The minimum atomic E-state index is 0.613. The summed E-state index contributed by atoms with van der Waals surface area (Å²) in [4.78, 5) is 3.17. The Kier molecular flexibility index (Phi) is 3.77. The molecule has 0 saturated carbocycles. The molecule has 2 aromatic rings. The van der Waals surface area contributed by atoms with Crippen molar-refractivity contribution in [2.24, 2.45) is 5.41 Å². The van der Waals surface area contributed by atoms with Crippen molar-refractivity contribution >= 4 is 34.2 Å². The molecule has 116 valence electrons. The van der Waals surface area contributed by atoms with Crippen LogP contribution >= 0.6 is 22.7 Å². The predicted molar refractivity (Wildman–Crippen MR) is 102 cm³/mol. The molecule has 3 heteroatoms. The summed E-state index contributed by atoms with van der Waals surface area (Å²) in [7, 11) is 0. The quantitative estimate of drug-likeness (QED) is 0.589. The van der Waals surface area contributed by atoms with E-state index in [1.54, 1.807) is 25.7 Å². The molecule has 0 nitrogen and oxygen atoms in total. The van der Waals surface area contributed by atoms with Gasteiger partial charge in [-0.25, -0.2) is 0 Å². The van der Waals surface area contributed by atoms with Crippen LogP contribution in [0.1, 0.15) is 57.1 Å². The van der Waals surface area contributed by atoms with Gasteiger partial charge in [-0.15, -0.1) is 22.7 Å². The molecule has 2 aliphatic rings. The molecule has 0 spiro atoms. The van der Waals surface area contributed by atoms with Gasteiger partial charge in [0, 0.05) is 9.75 Å². The summed E-state index contributed by atoms with van der Waals surface area (Å²) in [5.74, 6) is 0.701. The molecule has 0 radical (unpaired) electrons. The molecule has 1 aliphatic carbocycles. The molecule has 22 heavy (non-hydrogen) atoms. The van der Waals surface area contributed by atoms with Crippen molar-refractivity contribution in [1.29, 1.82) is 0 Å². The van der Waals surface area contributed by atoms with Crippen LogP contribution in [-0.2, 0) is 6.42 Å². The number of rotatable bonds is 2. The third kappa shape index (κ3) is 2.41. The first-order chi connectivity index (χ1) is 10.6. The molecule has 4 rings (SSSR count). The molecule has 1 saturated heterocycles. The second-order valence-electron chi connectivity index (χ2n) is 7.75. The standard InChI is InChI=1S/C19H25BS2/c1-4-19(3)6-8-20(9-7-19)16-12-15-13(2)11-14-5-10-21-17(14)18(15)22-16/h5,10,12-13H,4,6-9,11H2,1-3H3. The average molecular weight is 328 g/mol. The molecule has 1 unspecified atom stereocenters. The predicted octanol–water partition coefficient (Wildman–Crippen LogP) is 6.05. The number of fused-ring (bicyclic) bond motifs is 3. The van der Waals surface area contributed by atoms with E-state index < -0.39 is 0 Å². The molecule has 0 amide bonds. The van der Waals surface area contributed by atoms with Gasteiger partial charge >= 0.3 is 0 Å². The summed E-state index contributed by atoms with van der Waals surface area (Å²) in [6, 6.07) is 4.92. The van der Waals surface area contributed by atoms with Crippen LogP contribution in [0.2, 0.25) is 12.6 Å². The van der Waals surface area contributed by atoms with Crippen molar-refractivity contribution in [2.45, 2.75) is 65.0 Å². The van der Waals surface area contributed by atoms with E-state index >= 15 is 0 Å². The van der Waals surface area contributed by atoms with Crippen LogP contribution in [0.5, 0.6) is 0 Å². The summed E-state index contributed by atoms with van der Waals surface area (Å²) in [6.07, 6.45) is 8.20. The molecule has 1 fully saturated rings. The Labute approximate surface area is 143 Å². The van der Waals surface area contributed by atoms with Gasteiger partial charge in [0.05, 0.1) is 0 Å². The normalized spacial score (nSPS) is 23.2. The maximum atomic E-state index is 2.58. The lowest BCUT2D eigenvalue weighted by Gasteiger charge is -2.35. The van der Waals surface area contributed by atoms with Gasteiger partial charge in [0.25, 0.3) is 0 Å². The van der Waals surface area contributed by atoms with Crippen LogP contribution in [0.4, 0.5) is 0 Å². The third-order valence-corrected chi connectivity index (χ3v) is 8.67. The molecular weight excluding hydrogens is 303 g/mol. The highest BCUT2D eigenvalue weighted by atomic mass is 32.1. The SMILES string of the molecule is CCC1(C)CCB(c2cc3c(s2)-c2sccc2CC3C)CC1. The first-order valence-corrected chi connectivity index (χ1v) is 10.5. The van der Waals surface area contributed by atoms with Crippen LogP contribution < -0.4 is 4.78 Å². The highest BCUT2D eigenvalue weighted by molar-refractivity contribution is 7.28. The minimum Gasteiger partial charge on any atom is -0.149 e. The van der Waals surface area contributed by atoms with Gasteiger partial charge in [0.1, 0.15) is 0 Å². The van der Waals surface area contributed by atoms with E-state index in [1.807, 2.05) is 11.3 Å². The van der Waals surface area contributed by atoms with E-state index in [1.165, 1.54) is 38.3 Å². The first-order valence-electron chi connectivity index (χ1n) is 8.80. The zero-order valence-corrected chi connectivity index (χ0v) is 15.6. The van der Waals surface area contributed by atoms with Crippen molar-refractivity contribution in [1.82, 2.24) is 0 Å². The summed E-state index contributed by atoms with van der Waals surface area (Å²) in [5, 5.41) is 2.28. The van der Waals surface area contributed by atoms with E-state index in [4.69, 9.17) is 0 Å². The lowest BCUT2D eigenvalue weighted by atomic mass is 9.37. The Morgan fingerprint density at radius 3 is 2.77 bits per heavy atom. The minimum absolute atomic E-state index is 0.613. The second kappa shape index (κ2) is 5.52. The van der Waals surface area contributed by atoms with Crippen LogP contribution in [-0.4, -0.2) is 6.71 Å². The Bertz CT molecular complexity index is 673. The zero-order chi connectivity index (χ0) is 15.3. The van der Waals surface area contributed by atoms with Crippen LogP contribution in [0.15, 0.2) is 17.5 Å². The van der Waals surface area contributed by atoms with Gasteiger partial charge in [-0.05, 0) is 45.1 Å². The summed E-state index contributed by atoms with van der Waals surface area (Å²) in [5.41, 5.74) is 3.83. The lowest BCUT2D eigenvalue weighted by molar-refractivity contribution is 0.274. The van der Waals surface area contributed by atoms with Crippen molar-refractivity contribution in [3.05, 3.63) is 28.6 Å². The van der Waals surface area contributed by atoms with Crippen molar-refractivity contribution < 1.29 is 0 Å². The van der Waals surface area contributed by atoms with E-state index in [0.717, 1.165) is 6.71 Å². The Morgan fingerprint density at radius 1 is 1.27 bits per heavy atom. The van der Waals surface area contributed by atoms with Crippen LogP contribution in [0.25, 0.3) is 9.75 Å². The first kappa shape index (κ1) is 15.0. The van der Waals surface area contributed by atoms with Gasteiger partial charge in [0.15, 0.2) is 6.71 Å². The summed E-state index contributed by atoms with van der Waals surface area (Å²) >= 11 is 4.05. The molecule has 0 N–H and O–H groups in total. The average Bonchev–Trinajstić information content (AvgIpc) is 3.14. The van der Waals surface area contributed by atoms with Crippen molar-refractivity contribution in [3.8, 4) is 9.75 Å². The molecule has 2 aromatic heterocycles. The number of thiophene rings is 2. The topological polar surface area (TPSA) is 0 Å². The third-order valence-electron chi connectivity index (χ3n) is 6.24. The lowest BCUT2D eigenvalue weighted by Crippen LogP contribution is -2.35. The van der Waals surface area contributed by atoms with Gasteiger partial charge in [-0.3, -0.25) is 0 Å². The van der Waals surface area contributed by atoms with E-state index in [9.17, 15) is 0 Å². The van der Waals surface area contributed by atoms with Gasteiger partial charge in [-0.1, -0.05) is 58.7 Å². The Hall–Kier alpha value is -0.535. The number of hydrogen-bond acceptors (Lipinski definition) is 2. The van der Waals surface area contributed by atoms with E-state index in [-0.39, 0.29) is 0 Å². The maximum Gasteiger partial charge on any atom is 0.189 e. The largest absolute Gasteiger partial charge is 0.189 e. The zero-order valence-electron chi connectivity index (χ0n) is 13.9. The second-order valence-corrected chi connectivity index (χ2v) is 9.75. The molecule has 0 bridgehead atoms. The fourth-order valence-electron chi connectivity index (χ4n) is 4.26. The Balaban J connectivity index is 1.63. The summed E-state index contributed by atoms with van der Waals surface area (Å²) < 4.78 is 1.68. The van der Waals surface area contributed by atoms with E-state index in [0.29, 0.717) is 11.3 Å². The van der Waals surface area contributed by atoms with Crippen molar-refractivity contribution in [2.75, 3.05) is 0 Å².